The van der Waals surface area contributed by atoms with Crippen LogP contribution in [0.1, 0.15) is 28.7 Å². The van der Waals surface area contributed by atoms with Gasteiger partial charge in [-0.1, -0.05) is 19.1 Å². The number of hydrogen-bond donors (Lipinski definition) is 2. The molecule has 4 heteroatoms. The Balaban J connectivity index is 2.07. The summed E-state index contributed by atoms with van der Waals surface area (Å²) in [6.07, 6.45) is 0.993. The predicted octanol–water partition coefficient (Wildman–Crippen LogP) is 2.53. The van der Waals surface area contributed by atoms with Crippen LogP contribution in [0.2, 0.25) is 0 Å². The van der Waals surface area contributed by atoms with Crippen molar-refractivity contribution in [3.8, 4) is 0 Å². The lowest BCUT2D eigenvalue weighted by Gasteiger charge is -2.03. The van der Waals surface area contributed by atoms with Crippen LogP contribution >= 0.6 is 0 Å². The largest absolute Gasteiger partial charge is 0.321 e. The van der Waals surface area contributed by atoms with Crippen molar-refractivity contribution in [2.24, 2.45) is 0 Å². The first kappa shape index (κ1) is 11.4. The van der Waals surface area contributed by atoms with Crippen LogP contribution in [0.5, 0.6) is 0 Å². The average Bonchev–Trinajstić information content (AvgIpc) is 2.77. The Kier molecular flexibility index (Phi) is 3.23. The summed E-state index contributed by atoms with van der Waals surface area (Å²) in [4.78, 5) is 11.8. The van der Waals surface area contributed by atoms with Crippen LogP contribution in [0.3, 0.4) is 0 Å². The van der Waals surface area contributed by atoms with Gasteiger partial charge in [0.15, 0.2) is 5.69 Å². The number of carbonyl (C=O) groups is 1. The maximum Gasteiger partial charge on any atom is 0.276 e. The molecule has 17 heavy (non-hydrogen) atoms. The molecule has 0 saturated carbocycles. The Morgan fingerprint density at radius 3 is 2.59 bits per heavy atom. The highest BCUT2D eigenvalue weighted by Gasteiger charge is 2.08. The molecule has 88 valence electrons. The predicted molar refractivity (Wildman–Crippen MR) is 67.1 cm³/mol. The third-order valence-electron chi connectivity index (χ3n) is 2.56. The van der Waals surface area contributed by atoms with E-state index >= 15 is 0 Å². The fourth-order valence-electron chi connectivity index (χ4n) is 1.55. The van der Waals surface area contributed by atoms with Crippen molar-refractivity contribution in [3.05, 3.63) is 47.3 Å². The first-order valence-corrected chi connectivity index (χ1v) is 5.61. The van der Waals surface area contributed by atoms with Gasteiger partial charge < -0.3 is 5.32 Å². The van der Waals surface area contributed by atoms with Crippen LogP contribution in [0.4, 0.5) is 5.69 Å². The minimum Gasteiger partial charge on any atom is -0.321 e. The Bertz CT molecular complexity index is 514. The quantitative estimate of drug-likeness (QED) is 0.849. The van der Waals surface area contributed by atoms with Crippen molar-refractivity contribution in [2.75, 3.05) is 5.32 Å². The van der Waals surface area contributed by atoms with E-state index in [1.165, 1.54) is 5.56 Å². The van der Waals surface area contributed by atoms with Gasteiger partial charge in [-0.2, -0.15) is 5.10 Å². The van der Waals surface area contributed by atoms with Gasteiger partial charge in [0, 0.05) is 11.4 Å². The molecule has 1 heterocycles. The fourth-order valence-corrected chi connectivity index (χ4v) is 1.55. The minimum atomic E-state index is -0.196. The van der Waals surface area contributed by atoms with E-state index in [0.717, 1.165) is 17.8 Å². The van der Waals surface area contributed by atoms with Crippen molar-refractivity contribution in [3.63, 3.8) is 0 Å². The van der Waals surface area contributed by atoms with Crippen molar-refractivity contribution in [1.29, 1.82) is 0 Å². The molecule has 2 rings (SSSR count). The average molecular weight is 229 g/mol. The lowest BCUT2D eigenvalue weighted by atomic mass is 10.1. The molecule has 0 spiro atoms. The Morgan fingerprint density at radius 1 is 1.35 bits per heavy atom. The van der Waals surface area contributed by atoms with Gasteiger partial charge in [0.1, 0.15) is 0 Å². The number of hydrogen-bond acceptors (Lipinski definition) is 2. The highest BCUT2D eigenvalue weighted by atomic mass is 16.1. The van der Waals surface area contributed by atoms with Gasteiger partial charge in [0.25, 0.3) is 5.91 Å². The van der Waals surface area contributed by atoms with Crippen molar-refractivity contribution < 1.29 is 4.79 Å². The molecule has 1 aromatic heterocycles. The van der Waals surface area contributed by atoms with Gasteiger partial charge >= 0.3 is 0 Å². The number of aryl methyl sites for hydroxylation is 2. The van der Waals surface area contributed by atoms with Crippen molar-refractivity contribution in [1.82, 2.24) is 10.2 Å². The first-order chi connectivity index (χ1) is 8.19. The number of carbonyl (C=O) groups excluding carboxylic acids is 1. The second-order valence-corrected chi connectivity index (χ2v) is 3.94. The van der Waals surface area contributed by atoms with Crippen LogP contribution in [-0.4, -0.2) is 16.1 Å². The van der Waals surface area contributed by atoms with E-state index in [1.807, 2.05) is 31.2 Å². The molecule has 2 N–H and O–H groups in total. The van der Waals surface area contributed by atoms with Crippen molar-refractivity contribution >= 4 is 11.6 Å². The lowest BCUT2D eigenvalue weighted by molar-refractivity contribution is 0.102. The third-order valence-corrected chi connectivity index (χ3v) is 2.56. The van der Waals surface area contributed by atoms with Crippen LogP contribution in [0.15, 0.2) is 30.3 Å². The summed E-state index contributed by atoms with van der Waals surface area (Å²) in [7, 11) is 0. The Hall–Kier alpha value is -2.10. The molecule has 1 aromatic carbocycles. The van der Waals surface area contributed by atoms with E-state index < -0.39 is 0 Å². The smallest absolute Gasteiger partial charge is 0.276 e. The normalized spacial score (nSPS) is 10.2. The molecule has 0 aliphatic heterocycles. The van der Waals surface area contributed by atoms with Crippen LogP contribution in [-0.2, 0) is 6.42 Å². The molecule has 0 radical (unpaired) electrons. The molecule has 0 aliphatic carbocycles. The monoisotopic (exact) mass is 229 g/mol. The summed E-state index contributed by atoms with van der Waals surface area (Å²) in [6, 6.07) is 9.53. The molecule has 0 unspecified atom stereocenters. The number of nitrogens with one attached hydrogen (secondary N) is 2. The number of amides is 1. The number of nitrogens with zero attached hydrogens (tertiary/aromatic N) is 1. The van der Waals surface area contributed by atoms with E-state index in [1.54, 1.807) is 6.07 Å². The van der Waals surface area contributed by atoms with Gasteiger partial charge in [-0.05, 0) is 37.1 Å². The summed E-state index contributed by atoms with van der Waals surface area (Å²) in [5, 5.41) is 9.45. The Labute approximate surface area is 100 Å². The number of anilines is 1. The molecule has 2 aromatic rings. The van der Waals surface area contributed by atoms with E-state index in [-0.39, 0.29) is 5.91 Å². The summed E-state index contributed by atoms with van der Waals surface area (Å²) in [5.41, 5.74) is 3.31. The first-order valence-electron chi connectivity index (χ1n) is 5.61. The molecular formula is C13H15N3O. The molecular weight excluding hydrogens is 214 g/mol. The minimum absolute atomic E-state index is 0.196. The van der Waals surface area contributed by atoms with Crippen LogP contribution in [0.25, 0.3) is 0 Å². The fraction of sp³-hybridized carbons (Fsp3) is 0.231. The number of benzene rings is 1. The van der Waals surface area contributed by atoms with Crippen LogP contribution < -0.4 is 5.32 Å². The Morgan fingerprint density at radius 2 is 2.06 bits per heavy atom. The van der Waals surface area contributed by atoms with E-state index in [2.05, 4.69) is 22.4 Å². The molecule has 0 fully saturated rings. The number of rotatable bonds is 3. The van der Waals surface area contributed by atoms with Gasteiger partial charge in [0.2, 0.25) is 0 Å². The molecule has 4 nitrogen and oxygen atoms in total. The van der Waals surface area contributed by atoms with Crippen LogP contribution in [0, 0.1) is 6.92 Å². The third kappa shape index (κ3) is 2.72. The number of aromatic nitrogens is 2. The maximum atomic E-state index is 11.8. The lowest BCUT2D eigenvalue weighted by Crippen LogP contribution is -2.12. The second kappa shape index (κ2) is 4.82. The van der Waals surface area contributed by atoms with Gasteiger partial charge in [-0.25, -0.2) is 0 Å². The molecule has 1 amide bonds. The van der Waals surface area contributed by atoms with E-state index in [9.17, 15) is 4.79 Å². The number of H-pyrrole nitrogens is 1. The highest BCUT2D eigenvalue weighted by Crippen LogP contribution is 2.11. The zero-order valence-corrected chi connectivity index (χ0v) is 9.95. The SMILES string of the molecule is CCc1ccc(NC(=O)c2cc(C)[nH]n2)cc1. The zero-order chi connectivity index (χ0) is 12.3. The topological polar surface area (TPSA) is 57.8 Å². The van der Waals surface area contributed by atoms with E-state index in [0.29, 0.717) is 5.69 Å². The standard InChI is InChI=1S/C13H15N3O/c1-3-10-4-6-11(7-5-10)14-13(17)12-8-9(2)15-16-12/h4-8H,3H2,1-2H3,(H,14,17)(H,15,16). The second-order valence-electron chi connectivity index (χ2n) is 3.94. The van der Waals surface area contributed by atoms with E-state index in [4.69, 9.17) is 0 Å². The van der Waals surface area contributed by atoms with Gasteiger partial charge in [-0.3, -0.25) is 9.89 Å². The van der Waals surface area contributed by atoms with Gasteiger partial charge in [-0.15, -0.1) is 0 Å². The van der Waals surface area contributed by atoms with Crippen molar-refractivity contribution in [2.45, 2.75) is 20.3 Å². The summed E-state index contributed by atoms with van der Waals surface area (Å²) in [6.45, 7) is 3.96. The summed E-state index contributed by atoms with van der Waals surface area (Å²) in [5.74, 6) is -0.196. The molecule has 0 aliphatic rings. The summed E-state index contributed by atoms with van der Waals surface area (Å²) < 4.78 is 0. The molecule has 0 saturated heterocycles. The number of aromatic amines is 1. The van der Waals surface area contributed by atoms with Gasteiger partial charge in [0.05, 0.1) is 0 Å². The maximum absolute atomic E-state index is 11.8. The molecule has 0 bridgehead atoms. The zero-order valence-electron chi connectivity index (χ0n) is 9.95. The molecule has 0 atom stereocenters. The highest BCUT2D eigenvalue weighted by molar-refractivity contribution is 6.02. The summed E-state index contributed by atoms with van der Waals surface area (Å²) >= 11 is 0.